The van der Waals surface area contributed by atoms with E-state index in [1.165, 1.54) is 4.90 Å². The van der Waals surface area contributed by atoms with Crippen LogP contribution in [0.15, 0.2) is 0 Å². The summed E-state index contributed by atoms with van der Waals surface area (Å²) in [6.07, 6.45) is 1.46. The van der Waals surface area contributed by atoms with E-state index < -0.39 is 29.7 Å². The van der Waals surface area contributed by atoms with E-state index in [1.807, 2.05) is 0 Å². The first kappa shape index (κ1) is 14.1. The highest BCUT2D eigenvalue weighted by molar-refractivity contribution is 5.86. The van der Waals surface area contributed by atoms with Crippen molar-refractivity contribution in [2.45, 2.75) is 49.9 Å². The van der Waals surface area contributed by atoms with Gasteiger partial charge in [0.1, 0.15) is 5.54 Å². The number of likely N-dealkylation sites (tertiary alicyclic amines) is 1. The highest BCUT2D eigenvalue weighted by Crippen LogP contribution is 2.29. The molecular weight excluding hydrogens is 252 g/mol. The van der Waals surface area contributed by atoms with Crippen LogP contribution in [0.2, 0.25) is 0 Å². The number of carbonyl (C=O) groups excluding carboxylic acids is 1. The van der Waals surface area contributed by atoms with Gasteiger partial charge in [0.05, 0.1) is 25.3 Å². The Bertz CT molecular complexity index is 357. The lowest BCUT2D eigenvalue weighted by Crippen LogP contribution is -2.58. The molecule has 108 valence electrons. The fraction of sp³-hybridized carbons (Fsp3) is 0.833. The van der Waals surface area contributed by atoms with Crippen LogP contribution in [0, 0.1) is 0 Å². The van der Waals surface area contributed by atoms with Gasteiger partial charge in [-0.05, 0) is 12.8 Å². The maximum absolute atomic E-state index is 12.0. The average molecular weight is 272 g/mol. The van der Waals surface area contributed by atoms with E-state index in [1.54, 1.807) is 0 Å². The molecule has 7 nitrogen and oxygen atoms in total. The molecule has 1 saturated carbocycles. The molecule has 2 fully saturated rings. The maximum atomic E-state index is 12.0. The monoisotopic (exact) mass is 272 g/mol. The molecule has 2 amide bonds. The Balaban J connectivity index is 2.02. The Morgan fingerprint density at radius 3 is 2.05 bits per heavy atom. The second kappa shape index (κ2) is 5.34. The molecule has 0 bridgehead atoms. The number of carboxylic acid groups (broad SMARTS) is 1. The summed E-state index contributed by atoms with van der Waals surface area (Å²) in [5.41, 5.74) is -1.20. The summed E-state index contributed by atoms with van der Waals surface area (Å²) >= 11 is 0. The Morgan fingerprint density at radius 2 is 1.58 bits per heavy atom. The van der Waals surface area contributed by atoms with Crippen LogP contribution >= 0.6 is 0 Å². The van der Waals surface area contributed by atoms with Gasteiger partial charge in [-0.3, -0.25) is 0 Å². The molecule has 1 saturated heterocycles. The SMILES string of the molecule is O=C(NC1(C(=O)O)CCCCC1)N1CC(O)C(O)C1. The molecule has 2 aliphatic rings. The predicted octanol–water partition coefficient (Wildman–Crippen LogP) is -0.479. The van der Waals surface area contributed by atoms with Crippen LogP contribution in [0.3, 0.4) is 0 Å². The van der Waals surface area contributed by atoms with Gasteiger partial charge in [0, 0.05) is 0 Å². The van der Waals surface area contributed by atoms with Gasteiger partial charge in [0.2, 0.25) is 0 Å². The molecule has 1 heterocycles. The van der Waals surface area contributed by atoms with Crippen molar-refractivity contribution in [1.29, 1.82) is 0 Å². The topological polar surface area (TPSA) is 110 Å². The molecule has 1 aliphatic heterocycles. The van der Waals surface area contributed by atoms with E-state index in [9.17, 15) is 24.9 Å². The smallest absolute Gasteiger partial charge is 0.329 e. The number of rotatable bonds is 2. The Hall–Kier alpha value is -1.34. The Kier molecular flexibility index (Phi) is 3.96. The number of urea groups is 1. The van der Waals surface area contributed by atoms with Crippen LogP contribution in [0.4, 0.5) is 4.79 Å². The summed E-state index contributed by atoms with van der Waals surface area (Å²) in [7, 11) is 0. The highest BCUT2D eigenvalue weighted by atomic mass is 16.4. The summed E-state index contributed by atoms with van der Waals surface area (Å²) in [6.45, 7) is 0.0609. The molecule has 0 aromatic rings. The standard InChI is InChI=1S/C12H20N2O5/c15-8-6-14(7-9(8)16)11(19)13-12(10(17)18)4-2-1-3-5-12/h8-9,15-16H,1-7H2,(H,13,19)(H,17,18). The number of aliphatic hydroxyl groups is 2. The largest absolute Gasteiger partial charge is 0.480 e. The Morgan fingerprint density at radius 1 is 1.05 bits per heavy atom. The molecule has 1 aliphatic carbocycles. The van der Waals surface area contributed by atoms with E-state index in [0.717, 1.165) is 19.3 Å². The molecule has 2 atom stereocenters. The number of amides is 2. The number of hydrogen-bond acceptors (Lipinski definition) is 4. The molecule has 19 heavy (non-hydrogen) atoms. The van der Waals surface area contributed by atoms with Gasteiger partial charge in [-0.15, -0.1) is 0 Å². The van der Waals surface area contributed by atoms with Crippen molar-refractivity contribution in [3.05, 3.63) is 0 Å². The summed E-state index contributed by atoms with van der Waals surface area (Å²) in [6, 6.07) is -0.528. The van der Waals surface area contributed by atoms with Crippen LogP contribution in [0.1, 0.15) is 32.1 Å². The molecule has 2 unspecified atom stereocenters. The fourth-order valence-electron chi connectivity index (χ4n) is 2.77. The summed E-state index contributed by atoms with van der Waals surface area (Å²) in [5, 5.41) is 30.7. The minimum atomic E-state index is -1.20. The average Bonchev–Trinajstić information content (AvgIpc) is 2.71. The van der Waals surface area contributed by atoms with Crippen molar-refractivity contribution in [3.8, 4) is 0 Å². The van der Waals surface area contributed by atoms with Gasteiger partial charge in [-0.25, -0.2) is 9.59 Å². The zero-order valence-electron chi connectivity index (χ0n) is 10.7. The minimum Gasteiger partial charge on any atom is -0.480 e. The third kappa shape index (κ3) is 2.82. The molecule has 0 aromatic carbocycles. The van der Waals surface area contributed by atoms with Crippen molar-refractivity contribution in [3.63, 3.8) is 0 Å². The molecule has 0 radical (unpaired) electrons. The van der Waals surface area contributed by atoms with Crippen molar-refractivity contribution in [2.24, 2.45) is 0 Å². The normalized spacial score (nSPS) is 30.1. The first-order chi connectivity index (χ1) is 8.94. The minimum absolute atomic E-state index is 0.0305. The number of nitrogens with one attached hydrogen (secondary N) is 1. The molecule has 2 rings (SSSR count). The van der Waals surface area contributed by atoms with Gasteiger partial charge < -0.3 is 25.5 Å². The van der Waals surface area contributed by atoms with Crippen molar-refractivity contribution >= 4 is 12.0 Å². The summed E-state index contributed by atoms with van der Waals surface area (Å²) < 4.78 is 0. The number of aliphatic carboxylic acids is 1. The molecule has 0 aromatic heterocycles. The number of β-amino-alcohol motifs (C(OH)–C–C–N with tert-alkyl or cyclic N) is 2. The lowest BCUT2D eigenvalue weighted by atomic mass is 9.82. The van der Waals surface area contributed by atoms with Gasteiger partial charge in [0.15, 0.2) is 0 Å². The van der Waals surface area contributed by atoms with Crippen molar-refractivity contribution in [2.75, 3.05) is 13.1 Å². The molecule has 4 N–H and O–H groups in total. The van der Waals surface area contributed by atoms with Gasteiger partial charge in [-0.1, -0.05) is 19.3 Å². The number of nitrogens with zero attached hydrogens (tertiary/aromatic N) is 1. The third-order valence-corrected chi connectivity index (χ3v) is 4.01. The summed E-state index contributed by atoms with van der Waals surface area (Å²) in [4.78, 5) is 24.7. The quantitative estimate of drug-likeness (QED) is 0.543. The van der Waals surface area contributed by atoms with E-state index in [-0.39, 0.29) is 13.1 Å². The number of aliphatic hydroxyl groups excluding tert-OH is 2. The Labute approximate surface area is 111 Å². The number of carbonyl (C=O) groups is 2. The molecule has 7 heteroatoms. The summed E-state index contributed by atoms with van der Waals surface area (Å²) in [5.74, 6) is -1.01. The van der Waals surface area contributed by atoms with Crippen LogP contribution in [-0.2, 0) is 4.79 Å². The first-order valence-electron chi connectivity index (χ1n) is 6.61. The van der Waals surface area contributed by atoms with E-state index >= 15 is 0 Å². The number of carboxylic acids is 1. The highest BCUT2D eigenvalue weighted by Gasteiger charge is 2.43. The van der Waals surface area contributed by atoms with Crippen molar-refractivity contribution in [1.82, 2.24) is 10.2 Å². The zero-order valence-corrected chi connectivity index (χ0v) is 10.7. The van der Waals surface area contributed by atoms with Crippen LogP contribution in [0.25, 0.3) is 0 Å². The van der Waals surface area contributed by atoms with Crippen LogP contribution in [-0.4, -0.2) is 63.1 Å². The van der Waals surface area contributed by atoms with Gasteiger partial charge in [0.25, 0.3) is 0 Å². The van der Waals surface area contributed by atoms with E-state index in [0.29, 0.717) is 12.8 Å². The predicted molar refractivity (Wildman–Crippen MR) is 65.6 cm³/mol. The van der Waals surface area contributed by atoms with E-state index in [2.05, 4.69) is 5.32 Å². The first-order valence-corrected chi connectivity index (χ1v) is 6.61. The zero-order chi connectivity index (χ0) is 14.0. The number of hydrogen-bond donors (Lipinski definition) is 4. The lowest BCUT2D eigenvalue weighted by Gasteiger charge is -2.35. The third-order valence-electron chi connectivity index (χ3n) is 4.01. The lowest BCUT2D eigenvalue weighted by molar-refractivity contribution is -0.145. The second-order valence-electron chi connectivity index (χ2n) is 5.42. The van der Waals surface area contributed by atoms with Crippen LogP contribution < -0.4 is 5.32 Å². The molecule has 0 spiro atoms. The van der Waals surface area contributed by atoms with Crippen LogP contribution in [0.5, 0.6) is 0 Å². The molecular formula is C12H20N2O5. The second-order valence-corrected chi connectivity index (χ2v) is 5.42. The van der Waals surface area contributed by atoms with Crippen molar-refractivity contribution < 1.29 is 24.9 Å². The van der Waals surface area contributed by atoms with E-state index in [4.69, 9.17) is 0 Å². The maximum Gasteiger partial charge on any atom is 0.329 e. The van der Waals surface area contributed by atoms with Gasteiger partial charge >= 0.3 is 12.0 Å². The van der Waals surface area contributed by atoms with Gasteiger partial charge in [-0.2, -0.15) is 0 Å². The fourth-order valence-corrected chi connectivity index (χ4v) is 2.77.